The zero-order chi connectivity index (χ0) is 20.9. The van der Waals surface area contributed by atoms with Gasteiger partial charge in [0.25, 0.3) is 5.91 Å². The second-order valence-electron chi connectivity index (χ2n) is 7.75. The molecular weight excluding hydrogens is 380 g/mol. The second kappa shape index (κ2) is 8.97. The topological polar surface area (TPSA) is 94.5 Å². The van der Waals surface area contributed by atoms with Crippen LogP contribution in [0.1, 0.15) is 39.9 Å². The van der Waals surface area contributed by atoms with Crippen molar-refractivity contribution in [3.63, 3.8) is 0 Å². The summed E-state index contributed by atoms with van der Waals surface area (Å²) in [6, 6.07) is 14.3. The predicted octanol–water partition coefficient (Wildman–Crippen LogP) is 3.26. The molecule has 1 saturated heterocycles. The first kappa shape index (κ1) is 19.9. The number of ether oxygens (including phenoxy) is 1. The third-order valence-electron chi connectivity index (χ3n) is 5.55. The molecule has 0 bridgehead atoms. The van der Waals surface area contributed by atoms with Crippen LogP contribution in [0.15, 0.2) is 42.5 Å². The van der Waals surface area contributed by atoms with E-state index >= 15 is 0 Å². The number of rotatable bonds is 4. The predicted molar refractivity (Wildman–Crippen MR) is 112 cm³/mol. The van der Waals surface area contributed by atoms with E-state index in [1.54, 1.807) is 35.2 Å². The van der Waals surface area contributed by atoms with Crippen molar-refractivity contribution in [3.8, 4) is 6.07 Å². The van der Waals surface area contributed by atoms with Crippen LogP contribution in [0.25, 0.3) is 0 Å². The highest BCUT2D eigenvalue weighted by molar-refractivity contribution is 5.95. The van der Waals surface area contributed by atoms with Crippen LogP contribution < -0.4 is 10.6 Å². The molecule has 0 spiro atoms. The van der Waals surface area contributed by atoms with Gasteiger partial charge in [0.2, 0.25) is 0 Å². The molecule has 154 valence electrons. The van der Waals surface area contributed by atoms with Crippen LogP contribution in [0.2, 0.25) is 0 Å². The summed E-state index contributed by atoms with van der Waals surface area (Å²) in [7, 11) is 0. The molecule has 2 N–H and O–H groups in total. The first-order valence-corrected chi connectivity index (χ1v) is 10.2. The number of hydrogen-bond acceptors (Lipinski definition) is 4. The Bertz CT molecular complexity index is 975. The Hall–Kier alpha value is -3.37. The highest BCUT2D eigenvalue weighted by Crippen LogP contribution is 2.24. The molecule has 0 aliphatic carbocycles. The van der Waals surface area contributed by atoms with Crippen molar-refractivity contribution in [1.29, 1.82) is 5.26 Å². The third-order valence-corrected chi connectivity index (χ3v) is 5.55. The molecule has 1 unspecified atom stereocenters. The standard InChI is InChI=1S/C23H24N4O3/c24-11-16-3-4-19-13-27(14-20(19)10-16)23(29)26-21-7-5-18(6-8-21)22(28)25-12-17-2-1-9-30-15-17/h3-8,10,17H,1-2,9,12-15H2,(H,25,28)(H,26,29). The Labute approximate surface area is 175 Å². The number of carbonyl (C=O) groups excluding carboxylic acids is 2. The average Bonchev–Trinajstić information content (AvgIpc) is 3.22. The van der Waals surface area contributed by atoms with Crippen LogP contribution in [0.3, 0.4) is 0 Å². The SMILES string of the molecule is N#Cc1ccc2c(c1)CN(C(=O)Nc1ccc(C(=O)NCC3CCCOC3)cc1)C2. The van der Waals surface area contributed by atoms with Crippen molar-refractivity contribution in [2.75, 3.05) is 25.1 Å². The fraction of sp³-hybridized carbons (Fsp3) is 0.348. The molecule has 0 radical (unpaired) electrons. The summed E-state index contributed by atoms with van der Waals surface area (Å²) >= 11 is 0. The number of nitriles is 1. The minimum atomic E-state index is -0.209. The molecule has 3 amide bonds. The largest absolute Gasteiger partial charge is 0.381 e. The van der Waals surface area contributed by atoms with Crippen molar-refractivity contribution in [3.05, 3.63) is 64.7 Å². The lowest BCUT2D eigenvalue weighted by molar-refractivity contribution is 0.0536. The van der Waals surface area contributed by atoms with E-state index in [0.717, 1.165) is 30.6 Å². The van der Waals surface area contributed by atoms with Crippen molar-refractivity contribution in [1.82, 2.24) is 10.2 Å². The van der Waals surface area contributed by atoms with Crippen LogP contribution in [-0.4, -0.2) is 36.6 Å². The molecular formula is C23H24N4O3. The molecule has 1 fully saturated rings. The van der Waals surface area contributed by atoms with Gasteiger partial charge in [0, 0.05) is 37.5 Å². The molecule has 2 aliphatic rings. The number of urea groups is 1. The first-order valence-electron chi connectivity index (χ1n) is 10.2. The van der Waals surface area contributed by atoms with E-state index in [1.165, 1.54) is 0 Å². The lowest BCUT2D eigenvalue weighted by Gasteiger charge is -2.22. The van der Waals surface area contributed by atoms with Gasteiger partial charge in [0.05, 0.1) is 18.2 Å². The lowest BCUT2D eigenvalue weighted by atomic mass is 10.0. The summed E-state index contributed by atoms with van der Waals surface area (Å²) in [5, 5.41) is 14.8. The number of fused-ring (bicyclic) bond motifs is 1. The van der Waals surface area contributed by atoms with E-state index in [4.69, 9.17) is 10.00 Å². The van der Waals surface area contributed by atoms with E-state index in [1.807, 2.05) is 12.1 Å². The van der Waals surface area contributed by atoms with E-state index < -0.39 is 0 Å². The van der Waals surface area contributed by atoms with Gasteiger partial charge in [-0.15, -0.1) is 0 Å². The molecule has 30 heavy (non-hydrogen) atoms. The molecule has 0 saturated carbocycles. The van der Waals surface area contributed by atoms with E-state index in [-0.39, 0.29) is 11.9 Å². The summed E-state index contributed by atoms with van der Waals surface area (Å²) in [6.07, 6.45) is 2.11. The Morgan fingerprint density at radius 3 is 2.67 bits per heavy atom. The Morgan fingerprint density at radius 2 is 1.93 bits per heavy atom. The van der Waals surface area contributed by atoms with Gasteiger partial charge in [-0.05, 0) is 66.3 Å². The summed E-state index contributed by atoms with van der Waals surface area (Å²) < 4.78 is 5.44. The van der Waals surface area contributed by atoms with Crippen molar-refractivity contribution in [2.45, 2.75) is 25.9 Å². The smallest absolute Gasteiger partial charge is 0.322 e. The fourth-order valence-electron chi connectivity index (χ4n) is 3.82. The molecule has 2 heterocycles. The number of benzene rings is 2. The molecule has 2 aliphatic heterocycles. The molecule has 2 aromatic carbocycles. The molecule has 4 rings (SSSR count). The Balaban J connectivity index is 1.29. The van der Waals surface area contributed by atoms with Crippen LogP contribution in [0.5, 0.6) is 0 Å². The number of nitrogens with zero attached hydrogens (tertiary/aromatic N) is 2. The van der Waals surface area contributed by atoms with Gasteiger partial charge in [-0.25, -0.2) is 4.79 Å². The van der Waals surface area contributed by atoms with E-state index in [2.05, 4.69) is 16.7 Å². The normalized spacial score (nSPS) is 17.7. The molecule has 7 heteroatoms. The van der Waals surface area contributed by atoms with Gasteiger partial charge in [-0.2, -0.15) is 5.26 Å². The van der Waals surface area contributed by atoms with Crippen LogP contribution >= 0.6 is 0 Å². The van der Waals surface area contributed by atoms with Crippen LogP contribution in [0.4, 0.5) is 10.5 Å². The van der Waals surface area contributed by atoms with Gasteiger partial charge < -0.3 is 20.3 Å². The van der Waals surface area contributed by atoms with Gasteiger partial charge in [0.15, 0.2) is 0 Å². The summed E-state index contributed by atoms with van der Waals surface area (Å²) in [5.74, 6) is 0.247. The quantitative estimate of drug-likeness (QED) is 0.818. The maximum absolute atomic E-state index is 12.6. The fourth-order valence-corrected chi connectivity index (χ4v) is 3.82. The number of anilines is 1. The van der Waals surface area contributed by atoms with E-state index in [9.17, 15) is 9.59 Å². The van der Waals surface area contributed by atoms with Gasteiger partial charge >= 0.3 is 6.03 Å². The first-order chi connectivity index (χ1) is 14.6. The Morgan fingerprint density at radius 1 is 1.13 bits per heavy atom. The van der Waals surface area contributed by atoms with Crippen LogP contribution in [-0.2, 0) is 17.8 Å². The number of amides is 3. The monoisotopic (exact) mass is 404 g/mol. The number of carbonyl (C=O) groups is 2. The minimum Gasteiger partial charge on any atom is -0.381 e. The molecule has 7 nitrogen and oxygen atoms in total. The number of nitrogens with one attached hydrogen (secondary N) is 2. The van der Waals surface area contributed by atoms with Gasteiger partial charge in [-0.1, -0.05) is 6.07 Å². The second-order valence-corrected chi connectivity index (χ2v) is 7.75. The van der Waals surface area contributed by atoms with Gasteiger partial charge in [-0.3, -0.25) is 4.79 Å². The zero-order valence-electron chi connectivity index (χ0n) is 16.7. The summed E-state index contributed by atoms with van der Waals surface area (Å²) in [6.45, 7) is 3.10. The average molecular weight is 404 g/mol. The molecule has 2 aromatic rings. The Kier molecular flexibility index (Phi) is 5.96. The van der Waals surface area contributed by atoms with Crippen molar-refractivity contribution in [2.24, 2.45) is 5.92 Å². The van der Waals surface area contributed by atoms with Crippen molar-refractivity contribution < 1.29 is 14.3 Å². The zero-order valence-corrected chi connectivity index (χ0v) is 16.7. The molecule has 0 aromatic heterocycles. The maximum atomic E-state index is 12.6. The highest BCUT2D eigenvalue weighted by atomic mass is 16.5. The minimum absolute atomic E-state index is 0.123. The third kappa shape index (κ3) is 4.61. The van der Waals surface area contributed by atoms with E-state index in [0.29, 0.717) is 49.0 Å². The highest BCUT2D eigenvalue weighted by Gasteiger charge is 2.23. The number of hydrogen-bond donors (Lipinski definition) is 2. The van der Waals surface area contributed by atoms with Crippen molar-refractivity contribution >= 4 is 17.6 Å². The molecule has 1 atom stereocenters. The van der Waals surface area contributed by atoms with Gasteiger partial charge in [0.1, 0.15) is 0 Å². The van der Waals surface area contributed by atoms with Crippen LogP contribution in [0, 0.1) is 17.2 Å². The lowest BCUT2D eigenvalue weighted by Crippen LogP contribution is -2.33. The summed E-state index contributed by atoms with van der Waals surface area (Å²) in [4.78, 5) is 26.6. The maximum Gasteiger partial charge on any atom is 0.322 e. The summed E-state index contributed by atoms with van der Waals surface area (Å²) in [5.41, 5.74) is 3.84.